The maximum Gasteiger partial charge on any atom is 0.0343 e. The van der Waals surface area contributed by atoms with Gasteiger partial charge in [-0.1, -0.05) is 44.5 Å². The topological polar surface area (TPSA) is 26.0 Å². The van der Waals surface area contributed by atoms with Crippen LogP contribution in [0.5, 0.6) is 0 Å². The van der Waals surface area contributed by atoms with Crippen molar-refractivity contribution in [3.63, 3.8) is 0 Å². The molecule has 0 saturated heterocycles. The molecule has 0 heterocycles. The largest absolute Gasteiger partial charge is 0.324 e. The number of hydrogen-bond donors (Lipinski definition) is 1. The summed E-state index contributed by atoms with van der Waals surface area (Å²) in [7, 11) is 0. The Labute approximate surface area is 122 Å². The predicted octanol–water partition coefficient (Wildman–Crippen LogP) is 4.97. The molecule has 0 amide bonds. The van der Waals surface area contributed by atoms with Crippen molar-refractivity contribution in [2.75, 3.05) is 0 Å². The lowest BCUT2D eigenvalue weighted by atomic mass is 10.0. The summed E-state index contributed by atoms with van der Waals surface area (Å²) >= 11 is 1.87. The molecule has 0 bridgehead atoms. The third kappa shape index (κ3) is 5.94. The highest BCUT2D eigenvalue weighted by Crippen LogP contribution is 2.36. The van der Waals surface area contributed by atoms with Crippen LogP contribution in [0.1, 0.15) is 45.7 Å². The molecule has 0 aliphatic carbocycles. The molecule has 1 atom stereocenters. The lowest BCUT2D eigenvalue weighted by Crippen LogP contribution is -2.14. The fourth-order valence-electron chi connectivity index (χ4n) is 1.70. The van der Waals surface area contributed by atoms with Crippen molar-refractivity contribution in [3.05, 3.63) is 42.0 Å². The zero-order valence-corrected chi connectivity index (χ0v) is 13.3. The van der Waals surface area contributed by atoms with Crippen molar-refractivity contribution in [1.29, 1.82) is 0 Å². The Kier molecular flexibility index (Phi) is 7.05. The maximum atomic E-state index is 6.24. The van der Waals surface area contributed by atoms with Gasteiger partial charge in [0.2, 0.25) is 0 Å². The molecule has 1 aromatic rings. The van der Waals surface area contributed by atoms with E-state index in [9.17, 15) is 0 Å². The summed E-state index contributed by atoms with van der Waals surface area (Å²) in [6, 6.07) is 8.47. The van der Waals surface area contributed by atoms with Crippen LogP contribution in [0.15, 0.2) is 41.3 Å². The quantitative estimate of drug-likeness (QED) is 0.625. The second-order valence-electron chi connectivity index (χ2n) is 5.52. The number of nitrogens with two attached hydrogens (primary N) is 1. The third-order valence-electron chi connectivity index (χ3n) is 2.30. The van der Waals surface area contributed by atoms with Gasteiger partial charge in [-0.15, -0.1) is 30.7 Å². The Balaban J connectivity index is 0.00000289. The highest BCUT2D eigenvalue weighted by Gasteiger charge is 2.17. The van der Waals surface area contributed by atoms with E-state index in [1.54, 1.807) is 0 Å². The summed E-state index contributed by atoms with van der Waals surface area (Å²) in [5.41, 5.74) is 8.61. The summed E-state index contributed by atoms with van der Waals surface area (Å²) in [4.78, 5) is 1.29. The molecule has 0 radical (unpaired) electrons. The lowest BCUT2D eigenvalue weighted by Gasteiger charge is -2.22. The molecule has 3 heteroatoms. The van der Waals surface area contributed by atoms with E-state index in [4.69, 9.17) is 5.73 Å². The molecule has 0 saturated carbocycles. The molecule has 18 heavy (non-hydrogen) atoms. The third-order valence-corrected chi connectivity index (χ3v) is 3.51. The normalized spacial score (nSPS) is 12.7. The van der Waals surface area contributed by atoms with E-state index in [-0.39, 0.29) is 23.2 Å². The summed E-state index contributed by atoms with van der Waals surface area (Å²) in [6.07, 6.45) is 0.849. The van der Waals surface area contributed by atoms with Gasteiger partial charge in [-0.2, -0.15) is 0 Å². The van der Waals surface area contributed by atoms with Crippen LogP contribution in [0.4, 0.5) is 0 Å². The zero-order chi connectivity index (χ0) is 13.1. The smallest absolute Gasteiger partial charge is 0.0343 e. The molecule has 1 aromatic carbocycles. The maximum absolute atomic E-state index is 6.24. The van der Waals surface area contributed by atoms with Crippen LogP contribution in [0.25, 0.3) is 0 Å². The first-order valence-corrected chi connectivity index (χ1v) is 6.79. The lowest BCUT2D eigenvalue weighted by molar-refractivity contribution is 0.701. The molecular weight excluding hydrogens is 262 g/mol. The molecule has 0 spiro atoms. The Morgan fingerprint density at radius 1 is 1.33 bits per heavy atom. The SMILES string of the molecule is C=C(C)C[C@H](N)c1ccccc1SC(C)(C)C.Cl. The summed E-state index contributed by atoms with van der Waals surface area (Å²) in [5, 5.41) is 0. The predicted molar refractivity (Wildman–Crippen MR) is 85.7 cm³/mol. The van der Waals surface area contributed by atoms with Crippen molar-refractivity contribution < 1.29 is 0 Å². The molecule has 102 valence electrons. The minimum absolute atomic E-state index is 0. The van der Waals surface area contributed by atoms with Crippen molar-refractivity contribution in [3.8, 4) is 0 Å². The highest BCUT2D eigenvalue weighted by atomic mass is 35.5. The van der Waals surface area contributed by atoms with Gasteiger partial charge in [0, 0.05) is 15.7 Å². The van der Waals surface area contributed by atoms with Crippen LogP contribution in [0.3, 0.4) is 0 Å². The minimum Gasteiger partial charge on any atom is -0.324 e. The number of rotatable bonds is 4. The van der Waals surface area contributed by atoms with Crippen LogP contribution in [-0.2, 0) is 0 Å². The average Bonchev–Trinajstić information content (AvgIpc) is 2.14. The first kappa shape index (κ1) is 17.6. The van der Waals surface area contributed by atoms with Gasteiger partial charge in [0.05, 0.1) is 0 Å². The van der Waals surface area contributed by atoms with Crippen molar-refractivity contribution >= 4 is 24.2 Å². The molecule has 1 rings (SSSR count). The summed E-state index contributed by atoms with van der Waals surface area (Å²) < 4.78 is 0.207. The Hall–Kier alpha value is -0.440. The van der Waals surface area contributed by atoms with E-state index >= 15 is 0 Å². The van der Waals surface area contributed by atoms with E-state index in [1.165, 1.54) is 10.5 Å². The number of benzene rings is 1. The van der Waals surface area contributed by atoms with Crippen LogP contribution in [0.2, 0.25) is 0 Å². The van der Waals surface area contributed by atoms with Crippen LogP contribution in [0, 0.1) is 0 Å². The standard InChI is InChI=1S/C15H23NS.ClH/c1-11(2)10-13(16)12-8-6-7-9-14(12)17-15(3,4)5;/h6-9,13H,1,10,16H2,2-5H3;1H/t13-;/m0./s1. The molecular formula is C15H24ClNS. The minimum atomic E-state index is 0. The zero-order valence-electron chi connectivity index (χ0n) is 11.7. The van der Waals surface area contributed by atoms with Gasteiger partial charge in [0.15, 0.2) is 0 Å². The van der Waals surface area contributed by atoms with Crippen molar-refractivity contribution in [2.45, 2.75) is 49.8 Å². The summed E-state index contributed by atoms with van der Waals surface area (Å²) in [5.74, 6) is 0. The van der Waals surface area contributed by atoms with E-state index < -0.39 is 0 Å². The fraction of sp³-hybridized carbons (Fsp3) is 0.467. The van der Waals surface area contributed by atoms with Gasteiger partial charge in [0.25, 0.3) is 0 Å². The van der Waals surface area contributed by atoms with E-state index in [1.807, 2.05) is 18.7 Å². The number of hydrogen-bond acceptors (Lipinski definition) is 2. The number of thioether (sulfide) groups is 1. The van der Waals surface area contributed by atoms with Gasteiger partial charge < -0.3 is 5.73 Å². The number of halogens is 1. The second-order valence-corrected chi connectivity index (χ2v) is 7.39. The van der Waals surface area contributed by atoms with Gasteiger partial charge >= 0.3 is 0 Å². The molecule has 0 aromatic heterocycles. The second kappa shape index (κ2) is 7.22. The molecule has 0 fully saturated rings. The van der Waals surface area contributed by atoms with Gasteiger partial charge in [-0.25, -0.2) is 0 Å². The van der Waals surface area contributed by atoms with Gasteiger partial charge in [0.1, 0.15) is 0 Å². The van der Waals surface area contributed by atoms with E-state index in [0.717, 1.165) is 12.0 Å². The van der Waals surface area contributed by atoms with Crippen LogP contribution < -0.4 is 5.73 Å². The fourth-order valence-corrected chi connectivity index (χ4v) is 2.84. The Morgan fingerprint density at radius 2 is 1.89 bits per heavy atom. The molecule has 2 N–H and O–H groups in total. The van der Waals surface area contributed by atoms with Gasteiger partial charge in [-0.05, 0) is 25.0 Å². The summed E-state index contributed by atoms with van der Waals surface area (Å²) in [6.45, 7) is 12.6. The van der Waals surface area contributed by atoms with E-state index in [2.05, 4.69) is 51.6 Å². The van der Waals surface area contributed by atoms with Gasteiger partial charge in [-0.3, -0.25) is 0 Å². The average molecular weight is 286 g/mol. The molecule has 0 aliphatic rings. The van der Waals surface area contributed by atoms with E-state index in [0.29, 0.717) is 0 Å². The first-order chi connectivity index (χ1) is 7.79. The Bertz CT molecular complexity index is 396. The molecule has 1 nitrogen and oxygen atoms in total. The molecule has 0 unspecified atom stereocenters. The van der Waals surface area contributed by atoms with Crippen molar-refractivity contribution in [1.82, 2.24) is 0 Å². The highest BCUT2D eigenvalue weighted by molar-refractivity contribution is 8.00. The van der Waals surface area contributed by atoms with Crippen LogP contribution >= 0.6 is 24.2 Å². The first-order valence-electron chi connectivity index (χ1n) is 5.97. The Morgan fingerprint density at radius 3 is 2.39 bits per heavy atom. The molecule has 0 aliphatic heterocycles. The monoisotopic (exact) mass is 285 g/mol. The van der Waals surface area contributed by atoms with Crippen LogP contribution in [-0.4, -0.2) is 4.75 Å². The van der Waals surface area contributed by atoms with Crippen molar-refractivity contribution in [2.24, 2.45) is 5.73 Å².